The lowest BCUT2D eigenvalue weighted by atomic mass is 10.2. The van der Waals surface area contributed by atoms with Crippen molar-refractivity contribution in [2.45, 2.75) is 6.92 Å². The fraction of sp³-hybridized carbons (Fsp3) is 0.176. The predicted molar refractivity (Wildman–Crippen MR) is 102 cm³/mol. The fourth-order valence-electron chi connectivity index (χ4n) is 1.93. The van der Waals surface area contributed by atoms with Crippen molar-refractivity contribution in [3.05, 3.63) is 50.4 Å². The van der Waals surface area contributed by atoms with Gasteiger partial charge in [0.25, 0.3) is 5.91 Å². The van der Waals surface area contributed by atoms with E-state index in [1.54, 1.807) is 12.1 Å². The molecule has 0 aliphatic heterocycles. The molecule has 0 saturated carbocycles. The number of hydrazone groups is 1. The van der Waals surface area contributed by atoms with Gasteiger partial charge in [0.05, 0.1) is 17.8 Å². The summed E-state index contributed by atoms with van der Waals surface area (Å²) in [5.74, 6) is 0.518. The van der Waals surface area contributed by atoms with Crippen LogP contribution in [0.2, 0.25) is 0 Å². The number of amides is 1. The highest BCUT2D eigenvalue weighted by atomic mass is 79.9. The number of hydrogen-bond acceptors (Lipinski definition) is 5. The molecule has 0 spiro atoms. The molecule has 0 atom stereocenters. The molecule has 8 heteroatoms. The highest BCUT2D eigenvalue weighted by molar-refractivity contribution is 9.13. The highest BCUT2D eigenvalue weighted by Crippen LogP contribution is 2.41. The van der Waals surface area contributed by atoms with Gasteiger partial charge >= 0.3 is 0 Å². The zero-order chi connectivity index (χ0) is 18.4. The van der Waals surface area contributed by atoms with Crippen LogP contribution in [0.1, 0.15) is 11.1 Å². The number of hydrogen-bond donors (Lipinski definition) is 2. The van der Waals surface area contributed by atoms with Gasteiger partial charge in [-0.15, -0.1) is 0 Å². The molecule has 2 N–H and O–H groups in total. The first kappa shape index (κ1) is 19.3. The van der Waals surface area contributed by atoms with Crippen LogP contribution in [0, 0.1) is 6.92 Å². The number of rotatable bonds is 6. The first-order valence-corrected chi connectivity index (χ1v) is 8.78. The van der Waals surface area contributed by atoms with Crippen molar-refractivity contribution in [3.63, 3.8) is 0 Å². The van der Waals surface area contributed by atoms with Crippen LogP contribution in [-0.4, -0.2) is 30.9 Å². The minimum Gasteiger partial charge on any atom is -0.503 e. The van der Waals surface area contributed by atoms with Gasteiger partial charge in [-0.2, -0.15) is 5.10 Å². The second-order valence-electron chi connectivity index (χ2n) is 4.99. The van der Waals surface area contributed by atoms with Gasteiger partial charge in [0.2, 0.25) is 0 Å². The topological polar surface area (TPSA) is 80.2 Å². The number of nitrogens with one attached hydrogen (secondary N) is 1. The second kappa shape index (κ2) is 8.87. The van der Waals surface area contributed by atoms with Gasteiger partial charge in [0, 0.05) is 10.0 Å². The van der Waals surface area contributed by atoms with E-state index in [0.717, 1.165) is 5.56 Å². The van der Waals surface area contributed by atoms with Crippen LogP contribution < -0.4 is 14.9 Å². The van der Waals surface area contributed by atoms with Crippen molar-refractivity contribution in [2.75, 3.05) is 13.7 Å². The average Bonchev–Trinajstić information content (AvgIpc) is 2.61. The van der Waals surface area contributed by atoms with E-state index in [2.05, 4.69) is 42.4 Å². The predicted octanol–water partition coefficient (Wildman–Crippen LogP) is 3.76. The van der Waals surface area contributed by atoms with Crippen molar-refractivity contribution in [1.82, 2.24) is 5.43 Å². The van der Waals surface area contributed by atoms with Crippen LogP contribution >= 0.6 is 31.9 Å². The van der Waals surface area contributed by atoms with Crippen LogP contribution in [-0.2, 0) is 4.79 Å². The molecule has 0 unspecified atom stereocenters. The molecule has 132 valence electrons. The summed E-state index contributed by atoms with van der Waals surface area (Å²) in [6, 6.07) is 9.02. The number of halogens is 2. The third-order valence-corrected chi connectivity index (χ3v) is 5.40. The van der Waals surface area contributed by atoms with Crippen LogP contribution in [0.5, 0.6) is 17.2 Å². The molecular formula is C17H16Br2N2O4. The molecule has 0 aromatic heterocycles. The smallest absolute Gasteiger partial charge is 0.277 e. The third-order valence-electron chi connectivity index (χ3n) is 3.24. The highest BCUT2D eigenvalue weighted by Gasteiger charge is 2.13. The summed E-state index contributed by atoms with van der Waals surface area (Å²) in [6.45, 7) is 1.75. The van der Waals surface area contributed by atoms with Crippen LogP contribution in [0.15, 0.2) is 44.4 Å². The molecule has 2 aromatic rings. The van der Waals surface area contributed by atoms with Gasteiger partial charge in [0.15, 0.2) is 18.1 Å². The molecule has 0 bridgehead atoms. The number of aromatic hydroxyl groups is 1. The number of carbonyl (C=O) groups excluding carboxylic acids is 1. The molecule has 2 rings (SSSR count). The van der Waals surface area contributed by atoms with Crippen molar-refractivity contribution >= 4 is 44.0 Å². The summed E-state index contributed by atoms with van der Waals surface area (Å²) in [5.41, 5.74) is 3.95. The van der Waals surface area contributed by atoms with Crippen LogP contribution in [0.25, 0.3) is 0 Å². The number of para-hydroxylation sites is 1. The summed E-state index contributed by atoms with van der Waals surface area (Å²) in [4.78, 5) is 11.8. The Morgan fingerprint density at radius 2 is 2.00 bits per heavy atom. The monoisotopic (exact) mass is 470 g/mol. The molecule has 25 heavy (non-hydrogen) atoms. The number of phenols is 1. The average molecular weight is 472 g/mol. The fourth-order valence-corrected chi connectivity index (χ4v) is 2.76. The largest absolute Gasteiger partial charge is 0.503 e. The minimum atomic E-state index is -0.388. The van der Waals surface area contributed by atoms with Gasteiger partial charge in [-0.25, -0.2) is 5.43 Å². The normalized spacial score (nSPS) is 10.7. The molecule has 6 nitrogen and oxygen atoms in total. The number of ether oxygens (including phenoxy) is 2. The zero-order valence-corrected chi connectivity index (χ0v) is 16.7. The summed E-state index contributed by atoms with van der Waals surface area (Å²) in [6.07, 6.45) is 1.43. The van der Waals surface area contributed by atoms with Crippen LogP contribution in [0.3, 0.4) is 0 Å². The van der Waals surface area contributed by atoms with E-state index < -0.39 is 0 Å². The second-order valence-corrected chi connectivity index (χ2v) is 6.58. The van der Waals surface area contributed by atoms with E-state index in [1.165, 1.54) is 13.3 Å². The maximum Gasteiger partial charge on any atom is 0.277 e. The molecule has 0 radical (unpaired) electrons. The maximum atomic E-state index is 11.8. The van der Waals surface area contributed by atoms with E-state index in [0.29, 0.717) is 20.3 Å². The molecule has 0 aliphatic rings. The lowest BCUT2D eigenvalue weighted by Gasteiger charge is -2.09. The number of aryl methyl sites for hydroxylation is 1. The van der Waals surface area contributed by atoms with Gasteiger partial charge in [-0.05, 0) is 56.5 Å². The maximum absolute atomic E-state index is 11.8. The summed E-state index contributed by atoms with van der Waals surface area (Å²) in [5, 5.41) is 13.8. The van der Waals surface area contributed by atoms with E-state index >= 15 is 0 Å². The third kappa shape index (κ3) is 4.96. The molecule has 2 aromatic carbocycles. The molecular weight excluding hydrogens is 456 g/mol. The number of carbonyl (C=O) groups is 1. The molecule has 1 amide bonds. The number of benzene rings is 2. The lowest BCUT2D eigenvalue weighted by Crippen LogP contribution is -2.24. The Morgan fingerprint density at radius 1 is 1.28 bits per heavy atom. The SMILES string of the molecule is COc1cc(C=NNC(=O)COc2ccccc2C)c(Br)c(Br)c1O. The molecule has 0 aliphatic carbocycles. The van der Waals surface area contributed by atoms with Crippen molar-refractivity contribution in [2.24, 2.45) is 5.10 Å². The van der Waals surface area contributed by atoms with Gasteiger partial charge in [-0.1, -0.05) is 18.2 Å². The number of methoxy groups -OCH3 is 1. The summed E-state index contributed by atoms with van der Waals surface area (Å²) >= 11 is 6.59. The Kier molecular flexibility index (Phi) is 6.83. The van der Waals surface area contributed by atoms with E-state index in [4.69, 9.17) is 9.47 Å². The Bertz CT molecular complexity index is 809. The standard InChI is InChI=1S/C17H16Br2N2O4/c1-10-5-3-4-6-12(10)25-9-14(22)21-20-8-11-7-13(24-2)17(23)16(19)15(11)18/h3-8,23H,9H2,1-2H3,(H,21,22). The number of phenolic OH excluding ortho intramolecular Hbond substituents is 1. The van der Waals surface area contributed by atoms with Crippen molar-refractivity contribution in [3.8, 4) is 17.2 Å². The van der Waals surface area contributed by atoms with Gasteiger partial charge in [0.1, 0.15) is 5.75 Å². The summed E-state index contributed by atoms with van der Waals surface area (Å²) < 4.78 is 11.5. The molecule has 0 saturated heterocycles. The van der Waals surface area contributed by atoms with E-state index in [9.17, 15) is 9.90 Å². The Balaban J connectivity index is 1.98. The Labute approximate surface area is 162 Å². The van der Waals surface area contributed by atoms with Crippen LogP contribution in [0.4, 0.5) is 0 Å². The first-order valence-electron chi connectivity index (χ1n) is 7.19. The minimum absolute atomic E-state index is 0.0257. The van der Waals surface area contributed by atoms with Gasteiger partial charge < -0.3 is 14.6 Å². The number of nitrogens with zero attached hydrogens (tertiary/aromatic N) is 1. The first-order chi connectivity index (χ1) is 11.9. The quantitative estimate of drug-likeness (QED) is 0.496. The Morgan fingerprint density at radius 3 is 2.68 bits per heavy atom. The zero-order valence-electron chi connectivity index (χ0n) is 13.5. The molecule has 0 fully saturated rings. The Hall–Kier alpha value is -2.06. The lowest BCUT2D eigenvalue weighted by molar-refractivity contribution is -0.123. The van der Waals surface area contributed by atoms with E-state index in [-0.39, 0.29) is 24.0 Å². The van der Waals surface area contributed by atoms with Crippen molar-refractivity contribution in [1.29, 1.82) is 0 Å². The van der Waals surface area contributed by atoms with E-state index in [1.807, 2.05) is 25.1 Å². The van der Waals surface area contributed by atoms with Gasteiger partial charge in [-0.3, -0.25) is 4.79 Å². The van der Waals surface area contributed by atoms with Crippen molar-refractivity contribution < 1.29 is 19.4 Å². The summed E-state index contributed by atoms with van der Waals surface area (Å²) in [7, 11) is 1.45. The molecule has 0 heterocycles.